The molecule has 7 nitrogen and oxygen atoms in total. The summed E-state index contributed by atoms with van der Waals surface area (Å²) in [5.41, 5.74) is 5.25. The number of hydrogen-bond acceptors (Lipinski definition) is 5. The molecular formula is C29H30N2O5. The average Bonchev–Trinajstić information content (AvgIpc) is 2.88. The van der Waals surface area contributed by atoms with Crippen LogP contribution in [-0.2, 0) is 6.54 Å². The van der Waals surface area contributed by atoms with Crippen molar-refractivity contribution >= 4 is 22.5 Å². The lowest BCUT2D eigenvalue weighted by Crippen LogP contribution is -2.33. The fourth-order valence-corrected chi connectivity index (χ4v) is 4.19. The Bertz CT molecular complexity index is 1480. The number of aromatic amines is 1. The van der Waals surface area contributed by atoms with Gasteiger partial charge in [-0.2, -0.15) is 0 Å². The molecule has 0 aliphatic carbocycles. The number of amides is 1. The summed E-state index contributed by atoms with van der Waals surface area (Å²) in [7, 11) is 4.52. The highest BCUT2D eigenvalue weighted by molar-refractivity contribution is 6.07. The molecule has 0 saturated carbocycles. The summed E-state index contributed by atoms with van der Waals surface area (Å²) < 4.78 is 16.3. The van der Waals surface area contributed by atoms with Crippen molar-refractivity contribution in [1.29, 1.82) is 0 Å². The largest absolute Gasteiger partial charge is 0.493 e. The Morgan fingerprint density at radius 3 is 2.14 bits per heavy atom. The van der Waals surface area contributed by atoms with E-state index in [-0.39, 0.29) is 18.0 Å². The van der Waals surface area contributed by atoms with Gasteiger partial charge < -0.3 is 24.1 Å². The standard InChI is InChI=1S/C29H30N2O5/c1-17-7-10-24-20(11-17)13-22(28(32)30-24)16-31(23-9-8-18(2)19(3)12-23)29(33)21-14-25(34-4)27(36-6)26(15-21)35-5/h7-15H,16H2,1-6H3,(H,30,32). The number of fused-ring (bicyclic) bond motifs is 1. The Hall–Kier alpha value is -4.26. The molecule has 3 aromatic carbocycles. The van der Waals surface area contributed by atoms with Crippen LogP contribution < -0.4 is 24.7 Å². The number of rotatable bonds is 7. The van der Waals surface area contributed by atoms with Gasteiger partial charge in [0.25, 0.3) is 11.5 Å². The summed E-state index contributed by atoms with van der Waals surface area (Å²) in [6, 6.07) is 16.7. The Kier molecular flexibility index (Phi) is 7.01. The molecule has 4 rings (SSSR count). The van der Waals surface area contributed by atoms with Gasteiger partial charge in [0, 0.05) is 22.3 Å². The molecule has 4 aromatic rings. The topological polar surface area (TPSA) is 80.9 Å². The third-order valence-electron chi connectivity index (χ3n) is 6.36. The molecule has 0 aliphatic rings. The van der Waals surface area contributed by atoms with E-state index in [4.69, 9.17) is 14.2 Å². The maximum atomic E-state index is 14.0. The maximum absolute atomic E-state index is 14.0. The minimum atomic E-state index is -0.304. The number of ether oxygens (including phenoxy) is 3. The van der Waals surface area contributed by atoms with Crippen LogP contribution in [-0.4, -0.2) is 32.2 Å². The third kappa shape index (κ3) is 4.77. The fourth-order valence-electron chi connectivity index (χ4n) is 4.19. The number of nitrogens with one attached hydrogen (secondary N) is 1. The van der Waals surface area contributed by atoms with E-state index in [0.29, 0.717) is 34.1 Å². The van der Waals surface area contributed by atoms with Gasteiger partial charge in [-0.3, -0.25) is 9.59 Å². The van der Waals surface area contributed by atoms with Gasteiger partial charge in [0.1, 0.15) is 0 Å². The molecule has 0 bridgehead atoms. The lowest BCUT2D eigenvalue weighted by atomic mass is 10.1. The molecule has 0 atom stereocenters. The van der Waals surface area contributed by atoms with Crippen LogP contribution in [0.2, 0.25) is 0 Å². The lowest BCUT2D eigenvalue weighted by Gasteiger charge is -2.25. The van der Waals surface area contributed by atoms with Gasteiger partial charge >= 0.3 is 0 Å². The number of carbonyl (C=O) groups excluding carboxylic acids is 1. The van der Waals surface area contributed by atoms with Crippen LogP contribution in [0.4, 0.5) is 5.69 Å². The van der Waals surface area contributed by atoms with Crippen molar-refractivity contribution in [2.45, 2.75) is 27.3 Å². The normalized spacial score (nSPS) is 10.8. The van der Waals surface area contributed by atoms with E-state index in [1.807, 2.05) is 63.2 Å². The molecule has 7 heteroatoms. The summed E-state index contributed by atoms with van der Waals surface area (Å²) in [4.78, 5) is 31.5. The SMILES string of the molecule is COc1cc(C(=O)N(Cc2cc3cc(C)ccc3[nH]c2=O)c2ccc(C)c(C)c2)cc(OC)c1OC. The molecule has 1 N–H and O–H groups in total. The molecule has 1 amide bonds. The molecular weight excluding hydrogens is 456 g/mol. The van der Waals surface area contributed by atoms with Gasteiger partial charge in [-0.15, -0.1) is 0 Å². The third-order valence-corrected chi connectivity index (χ3v) is 6.36. The molecule has 36 heavy (non-hydrogen) atoms. The monoisotopic (exact) mass is 486 g/mol. The van der Waals surface area contributed by atoms with Crippen LogP contribution >= 0.6 is 0 Å². The summed E-state index contributed by atoms with van der Waals surface area (Å²) in [6.07, 6.45) is 0. The Labute approximate surface area is 210 Å². The predicted octanol–water partition coefficient (Wildman–Crippen LogP) is 5.33. The van der Waals surface area contributed by atoms with Crippen molar-refractivity contribution in [3.05, 3.63) is 92.8 Å². The molecule has 0 aliphatic heterocycles. The lowest BCUT2D eigenvalue weighted by molar-refractivity contribution is 0.0984. The van der Waals surface area contributed by atoms with E-state index in [0.717, 1.165) is 27.6 Å². The van der Waals surface area contributed by atoms with E-state index in [1.54, 1.807) is 17.0 Å². The van der Waals surface area contributed by atoms with E-state index in [2.05, 4.69) is 4.98 Å². The second-order valence-corrected chi connectivity index (χ2v) is 8.79. The predicted molar refractivity (Wildman–Crippen MR) is 142 cm³/mol. The molecule has 0 fully saturated rings. The van der Waals surface area contributed by atoms with E-state index in [1.165, 1.54) is 21.3 Å². The van der Waals surface area contributed by atoms with Crippen LogP contribution in [0.1, 0.15) is 32.6 Å². The highest BCUT2D eigenvalue weighted by atomic mass is 16.5. The van der Waals surface area contributed by atoms with Gasteiger partial charge in [0.05, 0.1) is 27.9 Å². The quantitative estimate of drug-likeness (QED) is 0.382. The maximum Gasteiger partial charge on any atom is 0.258 e. The first kappa shape index (κ1) is 24.9. The minimum Gasteiger partial charge on any atom is -0.493 e. The smallest absolute Gasteiger partial charge is 0.258 e. The zero-order valence-corrected chi connectivity index (χ0v) is 21.4. The summed E-state index contributed by atoms with van der Waals surface area (Å²) in [6.45, 7) is 6.09. The first-order chi connectivity index (χ1) is 17.2. The van der Waals surface area contributed by atoms with E-state index in [9.17, 15) is 9.59 Å². The molecule has 1 aromatic heterocycles. The van der Waals surface area contributed by atoms with Crippen molar-refractivity contribution in [3.63, 3.8) is 0 Å². The van der Waals surface area contributed by atoms with Gasteiger partial charge in [0.2, 0.25) is 5.75 Å². The van der Waals surface area contributed by atoms with Crippen LogP contribution in [0.3, 0.4) is 0 Å². The highest BCUT2D eigenvalue weighted by Crippen LogP contribution is 2.39. The zero-order valence-electron chi connectivity index (χ0n) is 21.4. The van der Waals surface area contributed by atoms with Crippen LogP contribution in [0, 0.1) is 20.8 Å². The number of hydrogen-bond donors (Lipinski definition) is 1. The zero-order chi connectivity index (χ0) is 26.0. The number of benzene rings is 3. The van der Waals surface area contributed by atoms with Crippen molar-refractivity contribution in [1.82, 2.24) is 4.98 Å². The minimum absolute atomic E-state index is 0.0806. The molecule has 0 spiro atoms. The fraction of sp³-hybridized carbons (Fsp3) is 0.241. The molecule has 0 radical (unpaired) electrons. The van der Waals surface area contributed by atoms with Crippen LogP contribution in [0.5, 0.6) is 17.2 Å². The van der Waals surface area contributed by atoms with Crippen LogP contribution in [0.25, 0.3) is 10.9 Å². The number of aromatic nitrogens is 1. The van der Waals surface area contributed by atoms with Crippen LogP contribution in [0.15, 0.2) is 59.4 Å². The molecule has 0 saturated heterocycles. The van der Waals surface area contributed by atoms with E-state index < -0.39 is 0 Å². The van der Waals surface area contributed by atoms with Crippen molar-refractivity contribution in [2.75, 3.05) is 26.2 Å². The highest BCUT2D eigenvalue weighted by Gasteiger charge is 2.24. The number of nitrogens with zero attached hydrogens (tertiary/aromatic N) is 1. The number of pyridine rings is 1. The second-order valence-electron chi connectivity index (χ2n) is 8.79. The van der Waals surface area contributed by atoms with Gasteiger partial charge in [-0.25, -0.2) is 0 Å². The van der Waals surface area contributed by atoms with Gasteiger partial charge in [0.15, 0.2) is 11.5 Å². The second kappa shape index (κ2) is 10.2. The van der Waals surface area contributed by atoms with Crippen molar-refractivity contribution in [2.24, 2.45) is 0 Å². The van der Waals surface area contributed by atoms with Gasteiger partial charge in [-0.05, 0) is 79.7 Å². The summed E-state index contributed by atoms with van der Waals surface area (Å²) in [5, 5.41) is 0.907. The number of methoxy groups -OCH3 is 3. The molecule has 186 valence electrons. The Morgan fingerprint density at radius 2 is 1.53 bits per heavy atom. The Balaban J connectivity index is 1.85. The van der Waals surface area contributed by atoms with Crippen molar-refractivity contribution in [3.8, 4) is 17.2 Å². The molecule has 1 heterocycles. The van der Waals surface area contributed by atoms with Gasteiger partial charge in [-0.1, -0.05) is 17.7 Å². The summed E-state index contributed by atoms with van der Waals surface area (Å²) >= 11 is 0. The number of aryl methyl sites for hydroxylation is 3. The summed E-state index contributed by atoms with van der Waals surface area (Å²) in [5.74, 6) is 0.843. The first-order valence-corrected chi connectivity index (χ1v) is 11.6. The number of carbonyl (C=O) groups is 1. The number of anilines is 1. The number of H-pyrrole nitrogens is 1. The average molecular weight is 487 g/mol. The van der Waals surface area contributed by atoms with Crippen molar-refractivity contribution < 1.29 is 19.0 Å². The Morgan fingerprint density at radius 1 is 0.833 bits per heavy atom. The first-order valence-electron chi connectivity index (χ1n) is 11.6. The van der Waals surface area contributed by atoms with E-state index >= 15 is 0 Å². The molecule has 0 unspecified atom stereocenters.